The third-order valence-corrected chi connectivity index (χ3v) is 4.17. The van der Waals surface area contributed by atoms with Crippen LogP contribution in [0.3, 0.4) is 0 Å². The Bertz CT molecular complexity index is 599. The van der Waals surface area contributed by atoms with Crippen molar-refractivity contribution in [3.63, 3.8) is 0 Å². The molecule has 0 bridgehead atoms. The van der Waals surface area contributed by atoms with Gasteiger partial charge in [-0.25, -0.2) is 0 Å². The predicted molar refractivity (Wildman–Crippen MR) is 69.5 cm³/mol. The van der Waals surface area contributed by atoms with Gasteiger partial charge in [0.2, 0.25) is 0 Å². The second-order valence-electron chi connectivity index (χ2n) is 4.17. The number of rotatable bonds is 3. The van der Waals surface area contributed by atoms with Crippen LogP contribution >= 0.6 is 11.8 Å². The lowest BCUT2D eigenvalue weighted by atomic mass is 10.3. The molecule has 0 radical (unpaired) electrons. The van der Waals surface area contributed by atoms with Crippen molar-refractivity contribution in [3.8, 4) is 11.4 Å². The normalized spacial score (nSPS) is 18.6. The van der Waals surface area contributed by atoms with Crippen LogP contribution in [-0.2, 0) is 16.6 Å². The van der Waals surface area contributed by atoms with Gasteiger partial charge in [-0.3, -0.25) is 9.78 Å². The molecule has 19 heavy (non-hydrogen) atoms. The summed E-state index contributed by atoms with van der Waals surface area (Å²) in [7, 11) is 1.88. The summed E-state index contributed by atoms with van der Waals surface area (Å²) in [4.78, 5) is 15.5. The van der Waals surface area contributed by atoms with Gasteiger partial charge in [0.15, 0.2) is 11.0 Å². The lowest BCUT2D eigenvalue weighted by Gasteiger charge is -2.05. The van der Waals surface area contributed by atoms with Crippen LogP contribution in [0, 0.1) is 0 Å². The fraction of sp³-hybridized carbons (Fsp3) is 0.333. The summed E-state index contributed by atoms with van der Waals surface area (Å²) in [6.45, 7) is 0.490. The molecule has 6 nitrogen and oxygen atoms in total. The highest BCUT2D eigenvalue weighted by molar-refractivity contribution is 8.00. The molecule has 0 spiro atoms. The first kappa shape index (κ1) is 12.2. The number of thioether (sulfide) groups is 1. The molecule has 98 valence electrons. The third kappa shape index (κ3) is 2.33. The van der Waals surface area contributed by atoms with Crippen LogP contribution in [0.1, 0.15) is 6.42 Å². The van der Waals surface area contributed by atoms with Crippen molar-refractivity contribution in [1.29, 1.82) is 0 Å². The first-order valence-electron chi connectivity index (χ1n) is 5.89. The summed E-state index contributed by atoms with van der Waals surface area (Å²) in [5, 5.41) is 8.82. The van der Waals surface area contributed by atoms with Gasteiger partial charge in [0.1, 0.15) is 5.25 Å². The maximum atomic E-state index is 11.5. The number of esters is 1. The van der Waals surface area contributed by atoms with Gasteiger partial charge in [-0.2, -0.15) is 0 Å². The summed E-state index contributed by atoms with van der Waals surface area (Å²) in [5.74, 6) is 0.567. The van der Waals surface area contributed by atoms with E-state index in [1.807, 2.05) is 23.7 Å². The zero-order valence-electron chi connectivity index (χ0n) is 10.3. The van der Waals surface area contributed by atoms with E-state index in [1.165, 1.54) is 11.8 Å². The van der Waals surface area contributed by atoms with Gasteiger partial charge in [0.25, 0.3) is 0 Å². The van der Waals surface area contributed by atoms with E-state index in [2.05, 4.69) is 15.2 Å². The number of nitrogens with zero attached hydrogens (tertiary/aromatic N) is 4. The van der Waals surface area contributed by atoms with Crippen molar-refractivity contribution >= 4 is 17.7 Å². The molecule has 3 rings (SSSR count). The molecule has 0 aromatic carbocycles. The zero-order valence-corrected chi connectivity index (χ0v) is 11.1. The molecule has 1 atom stereocenters. The molecule has 1 aliphatic rings. The first-order valence-corrected chi connectivity index (χ1v) is 6.77. The van der Waals surface area contributed by atoms with Gasteiger partial charge in [0.05, 0.1) is 6.61 Å². The second kappa shape index (κ2) is 5.00. The van der Waals surface area contributed by atoms with Gasteiger partial charge in [-0.05, 0) is 12.1 Å². The largest absolute Gasteiger partial charge is 0.465 e. The molecular formula is C12H12N4O2S. The summed E-state index contributed by atoms with van der Waals surface area (Å²) < 4.78 is 6.81. The number of hydrogen-bond donors (Lipinski definition) is 0. The highest BCUT2D eigenvalue weighted by Crippen LogP contribution is 2.29. The number of carbonyl (C=O) groups excluding carboxylic acids is 1. The quantitative estimate of drug-likeness (QED) is 0.787. The summed E-state index contributed by atoms with van der Waals surface area (Å²) in [6.07, 6.45) is 4.17. The molecule has 7 heteroatoms. The fourth-order valence-electron chi connectivity index (χ4n) is 1.88. The molecule has 2 aromatic heterocycles. The molecule has 2 aromatic rings. The van der Waals surface area contributed by atoms with E-state index in [9.17, 15) is 4.79 Å². The van der Waals surface area contributed by atoms with Gasteiger partial charge in [0, 0.05) is 31.4 Å². The Hall–Kier alpha value is -1.89. The summed E-state index contributed by atoms with van der Waals surface area (Å²) in [6, 6.07) is 3.78. The predicted octanol–water partition coefficient (Wildman–Crippen LogP) is 1.28. The number of cyclic esters (lactones) is 1. The zero-order chi connectivity index (χ0) is 13.2. The summed E-state index contributed by atoms with van der Waals surface area (Å²) in [5.41, 5.74) is 0.901. The maximum absolute atomic E-state index is 11.5. The molecule has 1 saturated heterocycles. The smallest absolute Gasteiger partial charge is 0.319 e. The molecule has 1 fully saturated rings. The van der Waals surface area contributed by atoms with Crippen molar-refractivity contribution in [2.45, 2.75) is 16.8 Å². The van der Waals surface area contributed by atoms with Crippen molar-refractivity contribution in [1.82, 2.24) is 19.7 Å². The van der Waals surface area contributed by atoms with E-state index in [-0.39, 0.29) is 11.2 Å². The molecule has 3 heterocycles. The lowest BCUT2D eigenvalue weighted by molar-refractivity contribution is -0.137. The van der Waals surface area contributed by atoms with E-state index >= 15 is 0 Å². The SMILES string of the molecule is Cn1c(SC2CCOC2=O)nnc1-c1cccnc1. The van der Waals surface area contributed by atoms with Crippen LogP contribution < -0.4 is 0 Å². The Labute approximate surface area is 114 Å². The first-order chi connectivity index (χ1) is 9.25. The molecule has 1 aliphatic heterocycles. The van der Waals surface area contributed by atoms with Crippen molar-refractivity contribution in [3.05, 3.63) is 24.5 Å². The highest BCUT2D eigenvalue weighted by atomic mass is 32.2. The fourth-order valence-corrected chi connectivity index (χ4v) is 2.84. The van der Waals surface area contributed by atoms with Gasteiger partial charge in [-0.15, -0.1) is 10.2 Å². The number of carbonyl (C=O) groups is 1. The molecule has 0 N–H and O–H groups in total. The van der Waals surface area contributed by atoms with Crippen molar-refractivity contribution in [2.75, 3.05) is 6.61 Å². The van der Waals surface area contributed by atoms with Crippen LogP contribution in [0.4, 0.5) is 0 Å². The van der Waals surface area contributed by atoms with E-state index in [0.29, 0.717) is 11.8 Å². The van der Waals surface area contributed by atoms with Crippen molar-refractivity contribution in [2.24, 2.45) is 7.05 Å². The monoisotopic (exact) mass is 276 g/mol. The lowest BCUT2D eigenvalue weighted by Crippen LogP contribution is -2.10. The third-order valence-electron chi connectivity index (χ3n) is 2.89. The Balaban J connectivity index is 1.85. The number of pyridine rings is 1. The Kier molecular flexibility index (Phi) is 3.20. The van der Waals surface area contributed by atoms with Gasteiger partial charge < -0.3 is 9.30 Å². The number of aromatic nitrogens is 4. The summed E-state index contributed by atoms with van der Waals surface area (Å²) >= 11 is 1.40. The maximum Gasteiger partial charge on any atom is 0.319 e. The number of hydrogen-bond acceptors (Lipinski definition) is 6. The Morgan fingerprint density at radius 3 is 3.05 bits per heavy atom. The molecule has 1 unspecified atom stereocenters. The Morgan fingerprint density at radius 1 is 1.47 bits per heavy atom. The van der Waals surface area contributed by atoms with Gasteiger partial charge in [-0.1, -0.05) is 11.8 Å². The molecular weight excluding hydrogens is 264 g/mol. The Morgan fingerprint density at radius 2 is 2.37 bits per heavy atom. The minimum Gasteiger partial charge on any atom is -0.465 e. The van der Waals surface area contributed by atoms with Crippen LogP contribution in [0.5, 0.6) is 0 Å². The highest BCUT2D eigenvalue weighted by Gasteiger charge is 2.29. The molecule has 0 aliphatic carbocycles. The topological polar surface area (TPSA) is 69.9 Å². The van der Waals surface area contributed by atoms with Crippen LogP contribution in [0.2, 0.25) is 0 Å². The van der Waals surface area contributed by atoms with E-state index in [1.54, 1.807) is 12.4 Å². The molecule has 0 saturated carbocycles. The van der Waals surface area contributed by atoms with E-state index < -0.39 is 0 Å². The minimum atomic E-state index is -0.176. The van der Waals surface area contributed by atoms with Crippen LogP contribution in [0.25, 0.3) is 11.4 Å². The average Bonchev–Trinajstić information content (AvgIpc) is 2.99. The number of ether oxygens (including phenoxy) is 1. The van der Waals surface area contributed by atoms with Crippen molar-refractivity contribution < 1.29 is 9.53 Å². The van der Waals surface area contributed by atoms with E-state index in [0.717, 1.165) is 17.8 Å². The van der Waals surface area contributed by atoms with Gasteiger partial charge >= 0.3 is 5.97 Å². The standard InChI is InChI=1S/C12H12N4O2S/c1-16-10(8-3-2-5-13-7-8)14-15-12(16)19-9-4-6-18-11(9)17/h2-3,5,7,9H,4,6H2,1H3. The second-order valence-corrected chi connectivity index (χ2v) is 5.34. The van der Waals surface area contributed by atoms with E-state index in [4.69, 9.17) is 4.74 Å². The van der Waals surface area contributed by atoms with Crippen LogP contribution in [-0.4, -0.2) is 37.6 Å². The van der Waals surface area contributed by atoms with Crippen LogP contribution in [0.15, 0.2) is 29.7 Å². The average molecular weight is 276 g/mol. The molecule has 0 amide bonds. The minimum absolute atomic E-state index is 0.170.